The summed E-state index contributed by atoms with van der Waals surface area (Å²) in [7, 11) is 0. The van der Waals surface area contributed by atoms with E-state index in [9.17, 15) is 29.0 Å². The molecule has 2 N–H and O–H groups in total. The van der Waals surface area contributed by atoms with Gasteiger partial charge in [-0.1, -0.05) is 38.1 Å². The maximum absolute atomic E-state index is 14.0. The zero-order valence-corrected chi connectivity index (χ0v) is 25.1. The van der Waals surface area contributed by atoms with Crippen molar-refractivity contribution in [3.63, 3.8) is 0 Å². The number of nitriles is 3. The van der Waals surface area contributed by atoms with Crippen LogP contribution in [0.1, 0.15) is 67.6 Å². The first-order chi connectivity index (χ1) is 21.9. The van der Waals surface area contributed by atoms with Gasteiger partial charge in [0.2, 0.25) is 0 Å². The lowest BCUT2D eigenvalue weighted by molar-refractivity contribution is -0.182. The highest BCUT2D eigenvalue weighted by atomic mass is 19.4. The quantitative estimate of drug-likeness (QED) is 0.202. The lowest BCUT2D eigenvalue weighted by Crippen LogP contribution is -2.35. The molecule has 13 heteroatoms. The van der Waals surface area contributed by atoms with Gasteiger partial charge < -0.3 is 10.6 Å². The average Bonchev–Trinajstić information content (AvgIpc) is 3.72. The van der Waals surface area contributed by atoms with Crippen molar-refractivity contribution < 1.29 is 13.2 Å². The number of hydrogen-bond acceptors (Lipinski definition) is 9. The van der Waals surface area contributed by atoms with E-state index in [4.69, 9.17) is 0 Å². The molecule has 10 nitrogen and oxygen atoms in total. The predicted molar refractivity (Wildman–Crippen MR) is 164 cm³/mol. The molecule has 0 radical (unpaired) electrons. The molecule has 2 aromatic carbocycles. The first-order valence-corrected chi connectivity index (χ1v) is 14.4. The molecule has 3 heterocycles. The van der Waals surface area contributed by atoms with E-state index in [1.165, 1.54) is 12.4 Å². The zero-order chi connectivity index (χ0) is 32.9. The second-order valence-electron chi connectivity index (χ2n) is 12.5. The van der Waals surface area contributed by atoms with Crippen molar-refractivity contribution in [2.24, 2.45) is 5.41 Å². The van der Waals surface area contributed by atoms with Crippen LogP contribution in [0.2, 0.25) is 0 Å². The Morgan fingerprint density at radius 1 is 0.935 bits per heavy atom. The van der Waals surface area contributed by atoms with Gasteiger partial charge in [0, 0.05) is 35.4 Å². The van der Waals surface area contributed by atoms with Crippen molar-refractivity contribution in [1.29, 1.82) is 15.8 Å². The number of rotatable bonds is 7. The van der Waals surface area contributed by atoms with Gasteiger partial charge in [-0.2, -0.15) is 29.0 Å². The largest absolute Gasteiger partial charge is 0.413 e. The van der Waals surface area contributed by atoms with Crippen LogP contribution in [-0.2, 0) is 5.54 Å². The molecule has 0 amide bonds. The third kappa shape index (κ3) is 5.28. The van der Waals surface area contributed by atoms with E-state index in [-0.39, 0.29) is 29.5 Å². The maximum atomic E-state index is 14.0. The van der Waals surface area contributed by atoms with E-state index >= 15 is 0 Å². The molecule has 0 aliphatic heterocycles. The number of benzene rings is 2. The van der Waals surface area contributed by atoms with E-state index in [1.54, 1.807) is 42.6 Å². The van der Waals surface area contributed by atoms with Crippen LogP contribution in [0.4, 0.5) is 24.5 Å². The van der Waals surface area contributed by atoms with Gasteiger partial charge in [-0.25, -0.2) is 4.68 Å². The van der Waals surface area contributed by atoms with Gasteiger partial charge in [0.15, 0.2) is 5.54 Å². The van der Waals surface area contributed by atoms with Crippen molar-refractivity contribution in [3.8, 4) is 18.2 Å². The lowest BCUT2D eigenvalue weighted by Gasteiger charge is -2.23. The number of alkyl halides is 3. The SMILES string of the molecule is CC(C)(C)CNc1c(C#N)cnc2c(C#N)cc(NC(c3cn(C4(C(F)(F)F)CC4)nn3)c3ccc(C#N)c4ncccc34)cc12. The van der Waals surface area contributed by atoms with Crippen LogP contribution < -0.4 is 10.6 Å². The number of pyridine rings is 2. The summed E-state index contributed by atoms with van der Waals surface area (Å²) >= 11 is 0. The third-order valence-electron chi connectivity index (χ3n) is 8.05. The Bertz CT molecular complexity index is 2120. The van der Waals surface area contributed by atoms with Crippen molar-refractivity contribution >= 4 is 33.2 Å². The molecule has 0 spiro atoms. The summed E-state index contributed by atoms with van der Waals surface area (Å²) in [5.74, 6) is 0. The van der Waals surface area contributed by atoms with Gasteiger partial charge >= 0.3 is 6.18 Å². The topological polar surface area (TPSA) is 152 Å². The van der Waals surface area contributed by atoms with E-state index in [0.717, 1.165) is 4.68 Å². The summed E-state index contributed by atoms with van der Waals surface area (Å²) < 4.78 is 42.9. The van der Waals surface area contributed by atoms with Gasteiger partial charge in [0.25, 0.3) is 0 Å². The van der Waals surface area contributed by atoms with Gasteiger partial charge in [0.1, 0.15) is 23.9 Å². The summed E-state index contributed by atoms with van der Waals surface area (Å²) in [6.45, 7) is 6.66. The average molecular weight is 621 g/mol. The molecule has 1 aliphatic carbocycles. The van der Waals surface area contributed by atoms with Crippen LogP contribution in [0.3, 0.4) is 0 Å². The Balaban J connectivity index is 1.54. The molecule has 1 unspecified atom stereocenters. The van der Waals surface area contributed by atoms with E-state index in [2.05, 4.69) is 49.1 Å². The Kier molecular flexibility index (Phi) is 7.25. The molecule has 6 rings (SSSR count). The fourth-order valence-electron chi connectivity index (χ4n) is 5.49. The predicted octanol–water partition coefficient (Wildman–Crippen LogP) is 6.70. The molecule has 1 saturated carbocycles. The van der Waals surface area contributed by atoms with Crippen LogP contribution in [0.5, 0.6) is 0 Å². The second-order valence-corrected chi connectivity index (χ2v) is 12.5. The van der Waals surface area contributed by atoms with Gasteiger partial charge in [0.05, 0.1) is 45.6 Å². The fraction of sp³-hybridized carbons (Fsp3) is 0.303. The first-order valence-electron chi connectivity index (χ1n) is 14.4. The van der Waals surface area contributed by atoms with Crippen LogP contribution in [0, 0.1) is 39.4 Å². The molecule has 5 aromatic rings. The number of halogens is 3. The number of anilines is 2. The van der Waals surface area contributed by atoms with E-state index < -0.39 is 17.8 Å². The smallest absolute Gasteiger partial charge is 0.383 e. The molecule has 0 saturated heterocycles. The fourth-order valence-corrected chi connectivity index (χ4v) is 5.49. The van der Waals surface area contributed by atoms with Gasteiger partial charge in [-0.05, 0) is 48.1 Å². The molecule has 3 aromatic heterocycles. The Labute approximate surface area is 262 Å². The van der Waals surface area contributed by atoms with Crippen LogP contribution in [-0.4, -0.2) is 37.7 Å². The molecule has 1 fully saturated rings. The van der Waals surface area contributed by atoms with Crippen molar-refractivity contribution in [1.82, 2.24) is 25.0 Å². The van der Waals surface area contributed by atoms with E-state index in [0.29, 0.717) is 56.4 Å². The zero-order valence-electron chi connectivity index (χ0n) is 25.1. The molecule has 1 aliphatic rings. The molecular weight excluding hydrogens is 593 g/mol. The highest BCUT2D eigenvalue weighted by molar-refractivity contribution is 5.99. The number of nitrogens with one attached hydrogen (secondary N) is 2. The highest BCUT2D eigenvalue weighted by Crippen LogP contribution is 2.55. The maximum Gasteiger partial charge on any atom is 0.413 e. The minimum absolute atomic E-state index is 0.101. The monoisotopic (exact) mass is 620 g/mol. The highest BCUT2D eigenvalue weighted by Gasteiger charge is 2.66. The molecular formula is C33H27F3N10. The number of nitrogens with zero attached hydrogens (tertiary/aromatic N) is 8. The third-order valence-corrected chi connectivity index (χ3v) is 8.05. The normalized spacial score (nSPS) is 14.7. The Morgan fingerprint density at radius 2 is 1.65 bits per heavy atom. The molecule has 1 atom stereocenters. The van der Waals surface area contributed by atoms with Crippen molar-refractivity contribution in [2.45, 2.75) is 51.4 Å². The van der Waals surface area contributed by atoms with Gasteiger partial charge in [-0.15, -0.1) is 5.10 Å². The number of fused-ring (bicyclic) bond motifs is 2. The van der Waals surface area contributed by atoms with Gasteiger partial charge in [-0.3, -0.25) is 9.97 Å². The molecule has 230 valence electrons. The molecule has 46 heavy (non-hydrogen) atoms. The first kappa shape index (κ1) is 30.3. The van der Waals surface area contributed by atoms with Crippen LogP contribution in [0.15, 0.2) is 55.0 Å². The Morgan fingerprint density at radius 3 is 2.30 bits per heavy atom. The number of aromatic nitrogens is 5. The lowest BCUT2D eigenvalue weighted by atomic mass is 9.95. The van der Waals surface area contributed by atoms with Crippen molar-refractivity contribution in [2.75, 3.05) is 17.2 Å². The molecule has 0 bridgehead atoms. The van der Waals surface area contributed by atoms with E-state index in [1.807, 2.05) is 20.8 Å². The van der Waals surface area contributed by atoms with Crippen LogP contribution >= 0.6 is 0 Å². The van der Waals surface area contributed by atoms with Crippen LogP contribution in [0.25, 0.3) is 21.8 Å². The summed E-state index contributed by atoms with van der Waals surface area (Å²) in [6.07, 6.45) is -0.441. The summed E-state index contributed by atoms with van der Waals surface area (Å²) in [5.41, 5.74) is 1.14. The summed E-state index contributed by atoms with van der Waals surface area (Å²) in [4.78, 5) is 8.79. The second kappa shape index (κ2) is 11.0. The number of hydrogen-bond donors (Lipinski definition) is 2. The summed E-state index contributed by atoms with van der Waals surface area (Å²) in [6, 6.07) is 15.7. The minimum Gasteiger partial charge on any atom is -0.383 e. The summed E-state index contributed by atoms with van der Waals surface area (Å²) in [5, 5.41) is 45.6. The Hall–Kier alpha value is -5.74. The standard InChI is InChI=1S/C33H27F3N10/c1-31(2,3)18-42-29-21(15-39)16-41-28-20(14-38)11-22(12-25(28)29)43-30(24-7-6-19(13-37)27-23(24)5-4-10-40-27)26-17-46(45-44-26)32(8-9-32)33(34,35)36/h4-7,10-12,16-17,30,43H,8-9,18H2,1-3H3,(H,41,42). The van der Waals surface area contributed by atoms with Crippen molar-refractivity contribution in [3.05, 3.63) is 82.9 Å². The minimum atomic E-state index is -4.51.